The van der Waals surface area contributed by atoms with Crippen LogP contribution >= 0.6 is 11.3 Å². The Morgan fingerprint density at radius 2 is 1.79 bits per heavy atom. The van der Waals surface area contributed by atoms with E-state index in [-0.39, 0.29) is 0 Å². The third-order valence-electron chi connectivity index (χ3n) is 3.29. The molecule has 0 radical (unpaired) electrons. The molecule has 2 rings (SSSR count). The minimum absolute atomic E-state index is 0.398. The first-order chi connectivity index (χ1) is 9.15. The molecule has 0 aliphatic carbocycles. The van der Waals surface area contributed by atoms with Crippen molar-refractivity contribution in [3.05, 3.63) is 57.8 Å². The van der Waals surface area contributed by atoms with Crippen molar-refractivity contribution >= 4 is 11.3 Å². The highest BCUT2D eigenvalue weighted by molar-refractivity contribution is 7.09. The van der Waals surface area contributed by atoms with E-state index in [2.05, 4.69) is 67.9 Å². The zero-order valence-electron chi connectivity index (χ0n) is 12.0. The summed E-state index contributed by atoms with van der Waals surface area (Å²) >= 11 is 1.81. The predicted octanol–water partition coefficient (Wildman–Crippen LogP) is 4.80. The quantitative estimate of drug-likeness (QED) is 0.797. The first-order valence-corrected chi connectivity index (χ1v) is 7.87. The molecule has 0 aliphatic heterocycles. The van der Waals surface area contributed by atoms with Crippen molar-refractivity contribution < 1.29 is 0 Å². The molecular formula is C17H23NS. The molecule has 102 valence electrons. The Balaban J connectivity index is 1.90. The number of rotatable bonds is 6. The average molecular weight is 273 g/mol. The van der Waals surface area contributed by atoms with Crippen LogP contribution < -0.4 is 5.32 Å². The standard InChI is InChI=1S/C17H23NS/c1-13(2)11-15-6-8-16(9-7-15)14(3)18-12-17-5-4-10-19-17/h4-10,13-14,18H,11-12H2,1-3H3. The fraction of sp³-hybridized carbons (Fsp3) is 0.412. The lowest BCUT2D eigenvalue weighted by Crippen LogP contribution is -2.17. The molecule has 0 aliphatic rings. The summed E-state index contributed by atoms with van der Waals surface area (Å²) in [6.45, 7) is 7.70. The molecule has 0 fully saturated rings. The van der Waals surface area contributed by atoms with Gasteiger partial charge in [-0.3, -0.25) is 0 Å². The van der Waals surface area contributed by atoms with Crippen LogP contribution in [0.1, 0.15) is 42.8 Å². The Kier molecular flexibility index (Phi) is 5.17. The van der Waals surface area contributed by atoms with Gasteiger partial charge in [0.2, 0.25) is 0 Å². The number of hydrogen-bond donors (Lipinski definition) is 1. The Morgan fingerprint density at radius 3 is 2.37 bits per heavy atom. The number of nitrogens with one attached hydrogen (secondary N) is 1. The molecule has 1 atom stereocenters. The van der Waals surface area contributed by atoms with E-state index < -0.39 is 0 Å². The van der Waals surface area contributed by atoms with Gasteiger partial charge in [0, 0.05) is 17.5 Å². The van der Waals surface area contributed by atoms with Crippen LogP contribution in [0.2, 0.25) is 0 Å². The lowest BCUT2D eigenvalue weighted by molar-refractivity contribution is 0.578. The number of thiophene rings is 1. The van der Waals surface area contributed by atoms with Crippen molar-refractivity contribution in [2.45, 2.75) is 39.8 Å². The van der Waals surface area contributed by atoms with Gasteiger partial charge in [0.05, 0.1) is 0 Å². The fourth-order valence-electron chi connectivity index (χ4n) is 2.20. The second-order valence-corrected chi connectivity index (χ2v) is 6.55. The SMILES string of the molecule is CC(C)Cc1ccc(C(C)NCc2cccs2)cc1. The van der Waals surface area contributed by atoms with Crippen LogP contribution in [-0.4, -0.2) is 0 Å². The zero-order valence-corrected chi connectivity index (χ0v) is 12.8. The van der Waals surface area contributed by atoms with Gasteiger partial charge in [-0.15, -0.1) is 11.3 Å². The maximum Gasteiger partial charge on any atom is 0.0305 e. The molecule has 0 spiro atoms. The maximum atomic E-state index is 3.57. The number of benzene rings is 1. The molecule has 0 amide bonds. The molecule has 1 heterocycles. The summed E-state index contributed by atoms with van der Waals surface area (Å²) in [5, 5.41) is 5.70. The van der Waals surface area contributed by atoms with Gasteiger partial charge in [0.25, 0.3) is 0 Å². The van der Waals surface area contributed by atoms with Crippen LogP contribution in [0.3, 0.4) is 0 Å². The first-order valence-electron chi connectivity index (χ1n) is 6.99. The Bertz CT molecular complexity index is 470. The largest absolute Gasteiger partial charge is 0.305 e. The Morgan fingerprint density at radius 1 is 1.05 bits per heavy atom. The molecule has 1 aromatic heterocycles. The van der Waals surface area contributed by atoms with E-state index in [1.807, 2.05) is 0 Å². The van der Waals surface area contributed by atoms with E-state index in [1.165, 1.54) is 16.0 Å². The molecule has 1 aromatic carbocycles. The molecule has 0 saturated carbocycles. The maximum absolute atomic E-state index is 3.57. The second-order valence-electron chi connectivity index (χ2n) is 5.52. The van der Waals surface area contributed by atoms with E-state index in [1.54, 1.807) is 11.3 Å². The number of hydrogen-bond acceptors (Lipinski definition) is 2. The lowest BCUT2D eigenvalue weighted by atomic mass is 10.00. The van der Waals surface area contributed by atoms with E-state index in [0.29, 0.717) is 6.04 Å². The summed E-state index contributed by atoms with van der Waals surface area (Å²) in [6.07, 6.45) is 1.16. The van der Waals surface area contributed by atoms with Crippen molar-refractivity contribution in [3.8, 4) is 0 Å². The van der Waals surface area contributed by atoms with Crippen LogP contribution in [0, 0.1) is 5.92 Å². The smallest absolute Gasteiger partial charge is 0.0305 e. The summed E-state index contributed by atoms with van der Waals surface area (Å²) < 4.78 is 0. The molecule has 1 N–H and O–H groups in total. The van der Waals surface area contributed by atoms with Crippen LogP contribution in [0.25, 0.3) is 0 Å². The second kappa shape index (κ2) is 6.88. The van der Waals surface area contributed by atoms with E-state index >= 15 is 0 Å². The molecular weight excluding hydrogens is 250 g/mol. The van der Waals surface area contributed by atoms with Crippen LogP contribution in [0.15, 0.2) is 41.8 Å². The monoisotopic (exact) mass is 273 g/mol. The highest BCUT2D eigenvalue weighted by Crippen LogP contribution is 2.17. The molecule has 0 bridgehead atoms. The van der Waals surface area contributed by atoms with Crippen molar-refractivity contribution in [1.29, 1.82) is 0 Å². The molecule has 0 saturated heterocycles. The van der Waals surface area contributed by atoms with Crippen molar-refractivity contribution in [2.75, 3.05) is 0 Å². The summed E-state index contributed by atoms with van der Waals surface area (Å²) in [7, 11) is 0. The van der Waals surface area contributed by atoms with E-state index in [9.17, 15) is 0 Å². The Labute approximate surface area is 120 Å². The van der Waals surface area contributed by atoms with Crippen LogP contribution in [0.4, 0.5) is 0 Å². The van der Waals surface area contributed by atoms with Crippen LogP contribution in [-0.2, 0) is 13.0 Å². The Hall–Kier alpha value is -1.12. The van der Waals surface area contributed by atoms with Gasteiger partial charge in [-0.25, -0.2) is 0 Å². The van der Waals surface area contributed by atoms with Crippen molar-refractivity contribution in [3.63, 3.8) is 0 Å². The van der Waals surface area contributed by atoms with Gasteiger partial charge in [-0.2, -0.15) is 0 Å². The molecule has 1 unspecified atom stereocenters. The van der Waals surface area contributed by atoms with Gasteiger partial charge in [-0.1, -0.05) is 44.2 Å². The summed E-state index contributed by atoms with van der Waals surface area (Å²) in [6, 6.07) is 13.7. The van der Waals surface area contributed by atoms with E-state index in [0.717, 1.165) is 18.9 Å². The highest BCUT2D eigenvalue weighted by Gasteiger charge is 2.05. The minimum atomic E-state index is 0.398. The van der Waals surface area contributed by atoms with Gasteiger partial charge in [0.15, 0.2) is 0 Å². The first kappa shape index (κ1) is 14.3. The fourth-order valence-corrected chi connectivity index (χ4v) is 2.85. The third kappa shape index (κ3) is 4.48. The van der Waals surface area contributed by atoms with Gasteiger partial charge >= 0.3 is 0 Å². The molecule has 1 nitrogen and oxygen atoms in total. The summed E-state index contributed by atoms with van der Waals surface area (Å²) in [4.78, 5) is 1.39. The molecule has 19 heavy (non-hydrogen) atoms. The normalized spacial score (nSPS) is 12.8. The third-order valence-corrected chi connectivity index (χ3v) is 4.16. The summed E-state index contributed by atoms with van der Waals surface area (Å²) in [5.74, 6) is 0.722. The minimum Gasteiger partial charge on any atom is -0.305 e. The predicted molar refractivity (Wildman–Crippen MR) is 84.6 cm³/mol. The van der Waals surface area contributed by atoms with Crippen molar-refractivity contribution in [2.24, 2.45) is 5.92 Å². The van der Waals surface area contributed by atoms with E-state index in [4.69, 9.17) is 0 Å². The lowest BCUT2D eigenvalue weighted by Gasteiger charge is -2.14. The molecule has 2 heteroatoms. The van der Waals surface area contributed by atoms with Gasteiger partial charge in [0.1, 0.15) is 0 Å². The van der Waals surface area contributed by atoms with Gasteiger partial charge in [-0.05, 0) is 41.8 Å². The molecule has 2 aromatic rings. The van der Waals surface area contributed by atoms with Gasteiger partial charge < -0.3 is 5.32 Å². The summed E-state index contributed by atoms with van der Waals surface area (Å²) in [5.41, 5.74) is 2.80. The topological polar surface area (TPSA) is 12.0 Å². The highest BCUT2D eigenvalue weighted by atomic mass is 32.1. The average Bonchev–Trinajstić information content (AvgIpc) is 2.89. The van der Waals surface area contributed by atoms with Crippen LogP contribution in [0.5, 0.6) is 0 Å². The van der Waals surface area contributed by atoms with Crippen molar-refractivity contribution in [1.82, 2.24) is 5.32 Å². The zero-order chi connectivity index (χ0) is 13.7.